The fourth-order valence-corrected chi connectivity index (χ4v) is 2.57. The third-order valence-corrected chi connectivity index (χ3v) is 3.95. The van der Waals surface area contributed by atoms with E-state index in [1.807, 2.05) is 30.5 Å². The summed E-state index contributed by atoms with van der Waals surface area (Å²) < 4.78 is 6.39. The Morgan fingerprint density at radius 2 is 2.15 bits per heavy atom. The molecule has 0 aliphatic carbocycles. The number of nitrogens with one attached hydrogen (secondary N) is 1. The lowest BCUT2D eigenvalue weighted by molar-refractivity contribution is 0.413. The Labute approximate surface area is 128 Å². The summed E-state index contributed by atoms with van der Waals surface area (Å²) in [6, 6.07) is 12.3. The van der Waals surface area contributed by atoms with Crippen LogP contribution in [0.4, 0.5) is 0 Å². The summed E-state index contributed by atoms with van der Waals surface area (Å²) in [5.74, 6) is 0.875. The topological polar surface area (TPSA) is 34.1 Å². The van der Waals surface area contributed by atoms with Gasteiger partial charge in [-0.1, -0.05) is 28.9 Å². The molecule has 2 aromatic rings. The smallest absolute Gasteiger partial charge is 0.119 e. The van der Waals surface area contributed by atoms with E-state index >= 15 is 0 Å². The average Bonchev–Trinajstić information content (AvgIpc) is 2.49. The highest BCUT2D eigenvalue weighted by Crippen LogP contribution is 2.26. The lowest BCUT2D eigenvalue weighted by atomic mass is 10.0. The minimum Gasteiger partial charge on any atom is -0.497 e. The summed E-state index contributed by atoms with van der Waals surface area (Å²) in [6.45, 7) is 3.01. The largest absolute Gasteiger partial charge is 0.497 e. The summed E-state index contributed by atoms with van der Waals surface area (Å²) in [4.78, 5) is 4.46. The molecule has 3 nitrogen and oxygen atoms in total. The van der Waals surface area contributed by atoms with E-state index in [2.05, 4.69) is 45.3 Å². The minimum absolute atomic E-state index is 0.199. The van der Waals surface area contributed by atoms with E-state index in [4.69, 9.17) is 4.74 Å². The standard InChI is InChI=1S/C16H19BrN2O/c1-3-18-16(15-6-4-5-9-19-15)11-12-10-13(20-2)7-8-14(12)17/h4-10,16,18H,3,11H2,1-2H3. The molecule has 20 heavy (non-hydrogen) atoms. The second kappa shape index (κ2) is 7.41. The third-order valence-electron chi connectivity index (χ3n) is 3.17. The van der Waals surface area contributed by atoms with Crippen molar-refractivity contribution >= 4 is 15.9 Å². The van der Waals surface area contributed by atoms with Crippen molar-refractivity contribution in [3.63, 3.8) is 0 Å². The van der Waals surface area contributed by atoms with Gasteiger partial charge in [0.2, 0.25) is 0 Å². The van der Waals surface area contributed by atoms with E-state index in [9.17, 15) is 0 Å². The van der Waals surface area contributed by atoms with E-state index in [1.54, 1.807) is 7.11 Å². The molecule has 1 unspecified atom stereocenters. The second-order valence-electron chi connectivity index (χ2n) is 4.53. The number of ether oxygens (including phenoxy) is 1. The van der Waals surface area contributed by atoms with Gasteiger partial charge in [0.25, 0.3) is 0 Å². The minimum atomic E-state index is 0.199. The van der Waals surface area contributed by atoms with Gasteiger partial charge in [0.05, 0.1) is 18.8 Å². The maximum Gasteiger partial charge on any atom is 0.119 e. The fourth-order valence-electron chi connectivity index (χ4n) is 2.16. The fraction of sp³-hybridized carbons (Fsp3) is 0.312. The van der Waals surface area contributed by atoms with Crippen LogP contribution in [0.25, 0.3) is 0 Å². The van der Waals surface area contributed by atoms with Crippen molar-refractivity contribution in [1.29, 1.82) is 0 Å². The van der Waals surface area contributed by atoms with Gasteiger partial charge in [0.1, 0.15) is 5.75 Å². The molecule has 1 N–H and O–H groups in total. The Balaban J connectivity index is 2.24. The van der Waals surface area contributed by atoms with E-state index in [1.165, 1.54) is 5.56 Å². The molecule has 1 heterocycles. The number of nitrogens with zero attached hydrogens (tertiary/aromatic N) is 1. The van der Waals surface area contributed by atoms with Crippen LogP contribution in [0.5, 0.6) is 5.75 Å². The Hall–Kier alpha value is -1.39. The molecule has 2 rings (SSSR count). The van der Waals surface area contributed by atoms with Crippen LogP contribution in [-0.2, 0) is 6.42 Å². The number of halogens is 1. The molecule has 0 fully saturated rings. The van der Waals surface area contributed by atoms with Crippen LogP contribution in [0.2, 0.25) is 0 Å². The van der Waals surface area contributed by atoms with Gasteiger partial charge in [0, 0.05) is 10.7 Å². The Morgan fingerprint density at radius 1 is 1.30 bits per heavy atom. The molecule has 1 aromatic heterocycles. The molecule has 0 radical (unpaired) electrons. The van der Waals surface area contributed by atoms with Gasteiger partial charge in [-0.3, -0.25) is 4.98 Å². The average molecular weight is 335 g/mol. The van der Waals surface area contributed by atoms with Crippen molar-refractivity contribution < 1.29 is 4.74 Å². The number of likely N-dealkylation sites (N-methyl/N-ethyl adjacent to an activating group) is 1. The summed E-state index contributed by atoms with van der Waals surface area (Å²) >= 11 is 3.61. The van der Waals surface area contributed by atoms with Crippen LogP contribution in [-0.4, -0.2) is 18.6 Å². The lowest BCUT2D eigenvalue weighted by Gasteiger charge is -2.18. The normalized spacial score (nSPS) is 12.2. The Morgan fingerprint density at radius 3 is 2.80 bits per heavy atom. The van der Waals surface area contributed by atoms with E-state index in [0.29, 0.717) is 0 Å². The predicted octanol–water partition coefficient (Wildman–Crippen LogP) is 3.75. The van der Waals surface area contributed by atoms with Crippen LogP contribution in [0.1, 0.15) is 24.2 Å². The van der Waals surface area contributed by atoms with Crippen molar-refractivity contribution in [3.05, 3.63) is 58.3 Å². The number of pyridine rings is 1. The highest BCUT2D eigenvalue weighted by Gasteiger charge is 2.14. The highest BCUT2D eigenvalue weighted by atomic mass is 79.9. The maximum atomic E-state index is 5.30. The first-order valence-electron chi connectivity index (χ1n) is 6.71. The SMILES string of the molecule is CCNC(Cc1cc(OC)ccc1Br)c1ccccn1. The molecule has 1 atom stereocenters. The molecule has 106 valence electrons. The van der Waals surface area contributed by atoms with Crippen molar-refractivity contribution in [2.24, 2.45) is 0 Å². The van der Waals surface area contributed by atoms with Gasteiger partial charge in [-0.25, -0.2) is 0 Å². The number of methoxy groups -OCH3 is 1. The van der Waals surface area contributed by atoms with Gasteiger partial charge in [-0.15, -0.1) is 0 Å². The number of hydrogen-bond donors (Lipinski definition) is 1. The number of hydrogen-bond acceptors (Lipinski definition) is 3. The number of aromatic nitrogens is 1. The zero-order chi connectivity index (χ0) is 14.4. The Kier molecular flexibility index (Phi) is 5.56. The van der Waals surface area contributed by atoms with E-state index in [0.717, 1.165) is 28.9 Å². The molecule has 0 saturated carbocycles. The van der Waals surface area contributed by atoms with E-state index < -0.39 is 0 Å². The van der Waals surface area contributed by atoms with Crippen LogP contribution < -0.4 is 10.1 Å². The van der Waals surface area contributed by atoms with Crippen LogP contribution >= 0.6 is 15.9 Å². The van der Waals surface area contributed by atoms with Gasteiger partial charge in [-0.05, 0) is 48.9 Å². The quantitative estimate of drug-likeness (QED) is 0.873. The first kappa shape index (κ1) is 15.0. The molecular weight excluding hydrogens is 316 g/mol. The summed E-state index contributed by atoms with van der Waals surface area (Å²) in [5, 5.41) is 3.49. The van der Waals surface area contributed by atoms with Gasteiger partial charge in [0.15, 0.2) is 0 Å². The van der Waals surface area contributed by atoms with Gasteiger partial charge in [-0.2, -0.15) is 0 Å². The first-order valence-corrected chi connectivity index (χ1v) is 7.50. The number of rotatable bonds is 6. The molecule has 0 spiro atoms. The predicted molar refractivity (Wildman–Crippen MR) is 85.1 cm³/mol. The molecule has 0 bridgehead atoms. The van der Waals surface area contributed by atoms with Gasteiger partial charge >= 0.3 is 0 Å². The molecular formula is C16H19BrN2O. The first-order chi connectivity index (χ1) is 9.74. The zero-order valence-electron chi connectivity index (χ0n) is 11.8. The third kappa shape index (κ3) is 3.81. The van der Waals surface area contributed by atoms with Crippen molar-refractivity contribution in [1.82, 2.24) is 10.3 Å². The molecule has 0 aliphatic rings. The van der Waals surface area contributed by atoms with Crippen molar-refractivity contribution in [3.8, 4) is 5.75 Å². The summed E-state index contributed by atoms with van der Waals surface area (Å²) in [7, 11) is 1.69. The van der Waals surface area contributed by atoms with Crippen LogP contribution in [0.3, 0.4) is 0 Å². The molecule has 0 saturated heterocycles. The summed E-state index contributed by atoms with van der Waals surface area (Å²) in [5.41, 5.74) is 2.27. The monoisotopic (exact) mass is 334 g/mol. The van der Waals surface area contributed by atoms with Gasteiger partial charge < -0.3 is 10.1 Å². The lowest BCUT2D eigenvalue weighted by Crippen LogP contribution is -2.24. The molecule has 0 aliphatic heterocycles. The summed E-state index contributed by atoms with van der Waals surface area (Å²) in [6.07, 6.45) is 2.70. The van der Waals surface area contributed by atoms with Crippen molar-refractivity contribution in [2.45, 2.75) is 19.4 Å². The molecule has 0 amide bonds. The zero-order valence-corrected chi connectivity index (χ0v) is 13.4. The molecule has 4 heteroatoms. The van der Waals surface area contributed by atoms with Crippen LogP contribution in [0, 0.1) is 0 Å². The second-order valence-corrected chi connectivity index (χ2v) is 5.38. The van der Waals surface area contributed by atoms with Crippen molar-refractivity contribution in [2.75, 3.05) is 13.7 Å². The molecule has 1 aromatic carbocycles. The van der Waals surface area contributed by atoms with Crippen LogP contribution in [0.15, 0.2) is 47.1 Å². The maximum absolute atomic E-state index is 5.30. The highest BCUT2D eigenvalue weighted by molar-refractivity contribution is 9.10. The number of benzene rings is 1. The van der Waals surface area contributed by atoms with E-state index in [-0.39, 0.29) is 6.04 Å². The Bertz CT molecular complexity index is 545.